The molecule has 1 aromatic heterocycles. The molecule has 1 aromatic carbocycles. The van der Waals surface area contributed by atoms with Crippen molar-refractivity contribution in [2.45, 2.75) is 71.8 Å². The van der Waals surface area contributed by atoms with Crippen LogP contribution in [0.4, 0.5) is 0 Å². The van der Waals surface area contributed by atoms with E-state index in [2.05, 4.69) is 48.4 Å². The Morgan fingerprint density at radius 1 is 1.18 bits per heavy atom. The first kappa shape index (κ1) is 26.7. The summed E-state index contributed by atoms with van der Waals surface area (Å²) in [6, 6.07) is 8.03. The molecule has 8 nitrogen and oxygen atoms in total. The van der Waals surface area contributed by atoms with Gasteiger partial charge in [0.1, 0.15) is 12.4 Å². The minimum atomic E-state index is -0.334. The summed E-state index contributed by atoms with van der Waals surface area (Å²) in [5.41, 5.74) is 0.925. The number of aromatic nitrogens is 3. The highest BCUT2D eigenvalue weighted by atomic mass is 32.2. The van der Waals surface area contributed by atoms with Gasteiger partial charge < -0.3 is 19.5 Å². The second-order valence-electron chi connectivity index (χ2n) is 9.53. The van der Waals surface area contributed by atoms with Gasteiger partial charge in [-0.05, 0) is 50.8 Å². The molecule has 0 spiro atoms. The zero-order valence-corrected chi connectivity index (χ0v) is 21.7. The minimum Gasteiger partial charge on any atom is -0.486 e. The van der Waals surface area contributed by atoms with Crippen LogP contribution in [0.3, 0.4) is 0 Å². The van der Waals surface area contributed by atoms with E-state index in [1.807, 2.05) is 37.5 Å². The molecule has 2 amide bonds. The van der Waals surface area contributed by atoms with Gasteiger partial charge in [-0.1, -0.05) is 44.7 Å². The van der Waals surface area contributed by atoms with Crippen LogP contribution >= 0.6 is 11.8 Å². The number of aryl methyl sites for hydroxylation is 1. The van der Waals surface area contributed by atoms with E-state index in [9.17, 15) is 9.59 Å². The van der Waals surface area contributed by atoms with Gasteiger partial charge in [-0.25, -0.2) is 0 Å². The molecule has 0 aliphatic rings. The Bertz CT molecular complexity index is 919. The Morgan fingerprint density at radius 2 is 1.85 bits per heavy atom. The first-order chi connectivity index (χ1) is 15.5. The monoisotopic (exact) mass is 475 g/mol. The van der Waals surface area contributed by atoms with E-state index >= 15 is 0 Å². The van der Waals surface area contributed by atoms with Crippen LogP contribution in [0.15, 0.2) is 29.4 Å². The van der Waals surface area contributed by atoms with Gasteiger partial charge in [0.05, 0.1) is 12.3 Å². The maximum absolute atomic E-state index is 12.6. The molecule has 9 heteroatoms. The van der Waals surface area contributed by atoms with Crippen molar-refractivity contribution in [2.24, 2.45) is 5.92 Å². The van der Waals surface area contributed by atoms with Gasteiger partial charge in [-0.3, -0.25) is 9.59 Å². The lowest BCUT2D eigenvalue weighted by Crippen LogP contribution is -2.46. The molecule has 0 fully saturated rings. The second kappa shape index (κ2) is 12.1. The van der Waals surface area contributed by atoms with Gasteiger partial charge in [0.2, 0.25) is 11.8 Å². The number of benzene rings is 1. The van der Waals surface area contributed by atoms with E-state index in [0.717, 1.165) is 24.5 Å². The zero-order chi connectivity index (χ0) is 24.6. The van der Waals surface area contributed by atoms with E-state index in [4.69, 9.17) is 4.74 Å². The van der Waals surface area contributed by atoms with E-state index in [1.54, 1.807) is 7.05 Å². The lowest BCUT2D eigenvalue weighted by Gasteiger charge is -2.23. The molecule has 0 aliphatic carbocycles. The summed E-state index contributed by atoms with van der Waals surface area (Å²) < 4.78 is 7.93. The van der Waals surface area contributed by atoms with Crippen LogP contribution in [0, 0.1) is 5.92 Å². The number of amides is 2. The molecule has 33 heavy (non-hydrogen) atoms. The molecule has 0 saturated carbocycles. The van der Waals surface area contributed by atoms with Crippen LogP contribution in [0.1, 0.15) is 52.9 Å². The number of thioether (sulfide) groups is 1. The molecule has 0 unspecified atom stereocenters. The number of ether oxygens (including phenoxy) is 1. The molecule has 1 N–H and O–H groups in total. The fourth-order valence-electron chi connectivity index (χ4n) is 3.05. The number of carbonyl (C=O) groups is 2. The van der Waals surface area contributed by atoms with E-state index in [-0.39, 0.29) is 29.7 Å². The third kappa shape index (κ3) is 9.07. The lowest BCUT2D eigenvalue weighted by molar-refractivity contribution is -0.133. The summed E-state index contributed by atoms with van der Waals surface area (Å²) in [6.07, 6.45) is 0.985. The molecule has 0 bridgehead atoms. The molecule has 0 aliphatic heterocycles. The molecular formula is C24H37N5O3S. The lowest BCUT2D eigenvalue weighted by atomic mass is 10.1. The summed E-state index contributed by atoms with van der Waals surface area (Å²) in [4.78, 5) is 26.1. The van der Waals surface area contributed by atoms with Crippen LogP contribution in [-0.2, 0) is 29.2 Å². The fourth-order valence-corrected chi connectivity index (χ4v) is 3.96. The van der Waals surface area contributed by atoms with Gasteiger partial charge in [0, 0.05) is 19.1 Å². The molecule has 0 saturated heterocycles. The first-order valence-corrected chi connectivity index (χ1v) is 12.3. The highest BCUT2D eigenvalue weighted by molar-refractivity contribution is 7.99. The van der Waals surface area contributed by atoms with Gasteiger partial charge in [0.25, 0.3) is 0 Å². The van der Waals surface area contributed by atoms with E-state index in [1.165, 1.54) is 22.2 Å². The smallest absolute Gasteiger partial charge is 0.240 e. The molecule has 182 valence electrons. The Hall–Kier alpha value is -2.55. The minimum absolute atomic E-state index is 0.0191. The molecule has 0 atom stereocenters. The van der Waals surface area contributed by atoms with Crippen molar-refractivity contribution in [1.29, 1.82) is 0 Å². The van der Waals surface area contributed by atoms with Crippen LogP contribution in [-0.4, -0.2) is 56.4 Å². The first-order valence-electron chi connectivity index (χ1n) is 11.3. The van der Waals surface area contributed by atoms with Crippen molar-refractivity contribution in [1.82, 2.24) is 25.0 Å². The van der Waals surface area contributed by atoms with E-state index < -0.39 is 0 Å². The van der Waals surface area contributed by atoms with Crippen molar-refractivity contribution in [3.05, 3.63) is 35.7 Å². The summed E-state index contributed by atoms with van der Waals surface area (Å²) >= 11 is 1.32. The van der Waals surface area contributed by atoms with Crippen LogP contribution in [0.2, 0.25) is 0 Å². The average Bonchev–Trinajstić information content (AvgIpc) is 3.10. The van der Waals surface area contributed by atoms with E-state index in [0.29, 0.717) is 17.7 Å². The molecule has 2 rings (SSSR count). The number of nitrogens with zero attached hydrogens (tertiary/aromatic N) is 4. The van der Waals surface area contributed by atoms with Crippen molar-refractivity contribution >= 4 is 23.6 Å². The second-order valence-corrected chi connectivity index (χ2v) is 10.5. The molecular weight excluding hydrogens is 438 g/mol. The van der Waals surface area contributed by atoms with Crippen molar-refractivity contribution < 1.29 is 14.3 Å². The maximum Gasteiger partial charge on any atom is 0.240 e. The van der Waals surface area contributed by atoms with Gasteiger partial charge in [0.15, 0.2) is 11.0 Å². The van der Waals surface area contributed by atoms with Crippen molar-refractivity contribution in [2.75, 3.05) is 19.3 Å². The number of hydrogen-bond donors (Lipinski definition) is 1. The maximum atomic E-state index is 12.6. The Morgan fingerprint density at radius 3 is 2.42 bits per heavy atom. The Labute approximate surface area is 201 Å². The fraction of sp³-hybridized carbons (Fsp3) is 0.583. The number of likely N-dealkylation sites (N-methyl/N-ethyl adjacent to an activating group) is 1. The third-order valence-corrected chi connectivity index (χ3v) is 5.64. The normalized spacial score (nSPS) is 11.5. The zero-order valence-electron chi connectivity index (χ0n) is 20.8. The van der Waals surface area contributed by atoms with Crippen molar-refractivity contribution in [3.63, 3.8) is 0 Å². The largest absolute Gasteiger partial charge is 0.486 e. The number of nitrogens with one attached hydrogen (secondary N) is 1. The predicted octanol–water partition coefficient (Wildman–Crippen LogP) is 3.54. The topological polar surface area (TPSA) is 89.4 Å². The number of carbonyl (C=O) groups excluding carboxylic acids is 2. The predicted molar refractivity (Wildman–Crippen MR) is 131 cm³/mol. The highest BCUT2D eigenvalue weighted by Gasteiger charge is 2.20. The van der Waals surface area contributed by atoms with Crippen LogP contribution < -0.4 is 10.1 Å². The van der Waals surface area contributed by atoms with Gasteiger partial charge in [-0.2, -0.15) is 0 Å². The highest BCUT2D eigenvalue weighted by Crippen LogP contribution is 2.21. The number of hydrogen-bond acceptors (Lipinski definition) is 6. The Balaban J connectivity index is 1.99. The SMILES string of the molecule is CCc1ccc(OCc2nnc(SCC(=O)N(C)CC(=O)NC(C)(C)C)n2CC(C)C)cc1. The summed E-state index contributed by atoms with van der Waals surface area (Å²) in [7, 11) is 1.63. The summed E-state index contributed by atoms with van der Waals surface area (Å²) in [6.45, 7) is 13.1. The molecule has 0 radical (unpaired) electrons. The van der Waals surface area contributed by atoms with Crippen LogP contribution in [0.25, 0.3) is 0 Å². The molecule has 2 aromatic rings. The van der Waals surface area contributed by atoms with Gasteiger partial charge in [-0.15, -0.1) is 10.2 Å². The van der Waals surface area contributed by atoms with Crippen LogP contribution in [0.5, 0.6) is 5.75 Å². The number of rotatable bonds is 11. The average molecular weight is 476 g/mol. The standard InChI is InChI=1S/C24H37N5O3S/c1-8-18-9-11-19(12-10-18)32-15-20-26-27-23(29(20)13-17(2)3)33-16-22(31)28(7)14-21(30)25-24(4,5)6/h9-12,17H,8,13-16H2,1-7H3,(H,25,30). The summed E-state index contributed by atoms with van der Waals surface area (Å²) in [5, 5.41) is 12.1. The third-order valence-electron chi connectivity index (χ3n) is 4.69. The van der Waals surface area contributed by atoms with Crippen molar-refractivity contribution in [3.8, 4) is 5.75 Å². The molecule has 1 heterocycles. The summed E-state index contributed by atoms with van der Waals surface area (Å²) in [5.74, 6) is 1.73. The van der Waals surface area contributed by atoms with Gasteiger partial charge >= 0.3 is 0 Å². The quantitative estimate of drug-likeness (QED) is 0.500. The Kier molecular flexibility index (Phi) is 9.76.